The molecule has 1 saturated carbocycles. The van der Waals surface area contributed by atoms with Gasteiger partial charge in [-0.05, 0) is 30.6 Å². The first kappa shape index (κ1) is 5.52. The molecule has 0 heteroatoms. The lowest BCUT2D eigenvalue weighted by Gasteiger charge is -2.14. The third kappa shape index (κ3) is 0.726. The van der Waals surface area contributed by atoms with E-state index >= 15 is 0 Å². The highest BCUT2D eigenvalue weighted by Gasteiger charge is 2.34. The van der Waals surface area contributed by atoms with E-state index in [2.05, 4.69) is 19.1 Å². The molecule has 2 unspecified atom stereocenters. The van der Waals surface area contributed by atoms with Crippen molar-refractivity contribution in [2.45, 2.75) is 26.2 Å². The maximum atomic E-state index is 2.40. The van der Waals surface area contributed by atoms with Gasteiger partial charge >= 0.3 is 0 Å². The molecule has 9 heavy (non-hydrogen) atoms. The third-order valence-electron chi connectivity index (χ3n) is 2.73. The number of allylic oxidation sites excluding steroid dienone is 2. The average Bonchev–Trinajstić information content (AvgIpc) is 2.45. The van der Waals surface area contributed by atoms with Crippen LogP contribution >= 0.6 is 0 Å². The van der Waals surface area contributed by atoms with Crippen LogP contribution in [-0.4, -0.2) is 0 Å². The highest BCUT2D eigenvalue weighted by Crippen LogP contribution is 2.45. The summed E-state index contributed by atoms with van der Waals surface area (Å²) >= 11 is 0. The van der Waals surface area contributed by atoms with Gasteiger partial charge in [0.25, 0.3) is 0 Å². The Labute approximate surface area is 57.0 Å². The molecular weight excluding hydrogens is 108 g/mol. The van der Waals surface area contributed by atoms with Gasteiger partial charge in [-0.15, -0.1) is 0 Å². The zero-order chi connectivity index (χ0) is 6.27. The Morgan fingerprint density at radius 2 is 2.44 bits per heavy atom. The highest BCUT2D eigenvalue weighted by molar-refractivity contribution is 5.26. The molecule has 2 aliphatic rings. The molecule has 0 N–H and O–H groups in total. The second-order valence-electron chi connectivity index (χ2n) is 3.26. The monoisotopic (exact) mass is 121 g/mol. The van der Waals surface area contributed by atoms with E-state index in [-0.39, 0.29) is 0 Å². The van der Waals surface area contributed by atoms with Crippen molar-refractivity contribution in [1.82, 2.24) is 0 Å². The van der Waals surface area contributed by atoms with Crippen LogP contribution in [0.15, 0.2) is 12.2 Å². The second-order valence-corrected chi connectivity index (χ2v) is 3.26. The SMILES string of the molecule is CCC1C[C]2C=CC1C2. The molecule has 0 saturated heterocycles. The standard InChI is InChI=1S/C9H13/c1-2-8-5-7-3-4-9(8)6-7/h3-4,8-9H,2,5-6H2,1H3. The van der Waals surface area contributed by atoms with Gasteiger partial charge < -0.3 is 0 Å². The van der Waals surface area contributed by atoms with Gasteiger partial charge in [-0.3, -0.25) is 0 Å². The lowest BCUT2D eigenvalue weighted by atomic mass is 9.91. The van der Waals surface area contributed by atoms with Gasteiger partial charge in [-0.1, -0.05) is 25.5 Å². The summed E-state index contributed by atoms with van der Waals surface area (Å²) in [6.45, 7) is 2.31. The zero-order valence-electron chi connectivity index (χ0n) is 5.93. The minimum Gasteiger partial charge on any atom is -0.0845 e. The van der Waals surface area contributed by atoms with Crippen molar-refractivity contribution in [1.29, 1.82) is 0 Å². The Balaban J connectivity index is 2.10. The summed E-state index contributed by atoms with van der Waals surface area (Å²) in [6, 6.07) is 0. The molecule has 0 heterocycles. The van der Waals surface area contributed by atoms with Crippen LogP contribution in [0, 0.1) is 17.8 Å². The molecular formula is C9H13. The molecule has 0 nitrogen and oxygen atoms in total. The van der Waals surface area contributed by atoms with Crippen LogP contribution in [0.4, 0.5) is 0 Å². The van der Waals surface area contributed by atoms with Crippen LogP contribution in [0.3, 0.4) is 0 Å². The molecule has 0 aliphatic heterocycles. The second kappa shape index (κ2) is 1.86. The van der Waals surface area contributed by atoms with E-state index in [0.717, 1.165) is 11.8 Å². The first-order valence-electron chi connectivity index (χ1n) is 3.93. The van der Waals surface area contributed by atoms with Crippen molar-refractivity contribution in [3.8, 4) is 0 Å². The van der Waals surface area contributed by atoms with E-state index in [4.69, 9.17) is 0 Å². The summed E-state index contributed by atoms with van der Waals surface area (Å²) in [5.74, 6) is 3.64. The molecule has 2 rings (SSSR count). The smallest absolute Gasteiger partial charge is 0.00184 e. The Morgan fingerprint density at radius 3 is 2.78 bits per heavy atom. The van der Waals surface area contributed by atoms with Crippen LogP contribution in [0.25, 0.3) is 0 Å². The molecule has 2 aliphatic carbocycles. The van der Waals surface area contributed by atoms with Crippen LogP contribution < -0.4 is 0 Å². The molecule has 0 aromatic heterocycles. The maximum absolute atomic E-state index is 2.40. The predicted molar refractivity (Wildman–Crippen MR) is 38.9 cm³/mol. The fourth-order valence-electron chi connectivity index (χ4n) is 2.11. The van der Waals surface area contributed by atoms with E-state index < -0.39 is 0 Å². The molecule has 0 aromatic rings. The number of rotatable bonds is 1. The summed E-state index contributed by atoms with van der Waals surface area (Å²) in [4.78, 5) is 0. The van der Waals surface area contributed by atoms with Crippen molar-refractivity contribution in [3.05, 3.63) is 18.1 Å². The van der Waals surface area contributed by atoms with Gasteiger partial charge in [0.15, 0.2) is 0 Å². The van der Waals surface area contributed by atoms with E-state index in [0.29, 0.717) is 0 Å². The van der Waals surface area contributed by atoms with Crippen LogP contribution in [-0.2, 0) is 0 Å². The zero-order valence-corrected chi connectivity index (χ0v) is 5.93. The van der Waals surface area contributed by atoms with E-state index in [9.17, 15) is 0 Å². The van der Waals surface area contributed by atoms with Crippen LogP contribution in [0.5, 0.6) is 0 Å². The minimum atomic E-state index is 0.935. The van der Waals surface area contributed by atoms with Crippen molar-refractivity contribution in [2.75, 3.05) is 0 Å². The van der Waals surface area contributed by atoms with E-state index in [1.807, 2.05) is 0 Å². The van der Waals surface area contributed by atoms with Gasteiger partial charge in [-0.25, -0.2) is 0 Å². The van der Waals surface area contributed by atoms with Crippen LogP contribution in [0.2, 0.25) is 0 Å². The van der Waals surface area contributed by atoms with E-state index in [1.54, 1.807) is 5.92 Å². The summed E-state index contributed by atoms with van der Waals surface area (Å²) in [6.07, 6.45) is 8.89. The van der Waals surface area contributed by atoms with Crippen molar-refractivity contribution in [2.24, 2.45) is 11.8 Å². The van der Waals surface area contributed by atoms with Crippen LogP contribution in [0.1, 0.15) is 26.2 Å². The lowest BCUT2D eigenvalue weighted by Crippen LogP contribution is -2.03. The molecule has 1 radical (unpaired) electrons. The van der Waals surface area contributed by atoms with Gasteiger partial charge in [0.05, 0.1) is 0 Å². The van der Waals surface area contributed by atoms with E-state index in [1.165, 1.54) is 19.3 Å². The van der Waals surface area contributed by atoms with Gasteiger partial charge in [0.2, 0.25) is 0 Å². The molecule has 49 valence electrons. The highest BCUT2D eigenvalue weighted by atomic mass is 14.4. The van der Waals surface area contributed by atoms with Gasteiger partial charge in [-0.2, -0.15) is 0 Å². The number of fused-ring (bicyclic) bond motifs is 2. The molecule has 1 fully saturated rings. The fraction of sp³-hybridized carbons (Fsp3) is 0.667. The van der Waals surface area contributed by atoms with Gasteiger partial charge in [0.1, 0.15) is 0 Å². The molecule has 0 aromatic carbocycles. The summed E-state index contributed by atoms with van der Waals surface area (Å²) in [5, 5.41) is 0. The summed E-state index contributed by atoms with van der Waals surface area (Å²) < 4.78 is 0. The fourth-order valence-corrected chi connectivity index (χ4v) is 2.11. The van der Waals surface area contributed by atoms with Crippen molar-refractivity contribution < 1.29 is 0 Å². The summed E-state index contributed by atoms with van der Waals surface area (Å²) in [5.41, 5.74) is 0. The average molecular weight is 121 g/mol. The molecule has 0 amide bonds. The minimum absolute atomic E-state index is 0.935. The number of hydrogen-bond acceptors (Lipinski definition) is 0. The molecule has 2 bridgehead atoms. The predicted octanol–water partition coefficient (Wildman–Crippen LogP) is 2.57. The van der Waals surface area contributed by atoms with Crippen molar-refractivity contribution in [3.63, 3.8) is 0 Å². The van der Waals surface area contributed by atoms with Crippen molar-refractivity contribution >= 4 is 0 Å². The first-order chi connectivity index (χ1) is 4.40. The Kier molecular flexibility index (Phi) is 1.14. The number of hydrogen-bond donors (Lipinski definition) is 0. The normalized spacial score (nSPS) is 40.6. The molecule has 2 atom stereocenters. The Hall–Kier alpha value is -0.260. The topological polar surface area (TPSA) is 0 Å². The van der Waals surface area contributed by atoms with Gasteiger partial charge in [0, 0.05) is 0 Å². The quantitative estimate of drug-likeness (QED) is 0.500. The molecule has 0 spiro atoms. The Morgan fingerprint density at radius 1 is 1.56 bits per heavy atom. The lowest BCUT2D eigenvalue weighted by molar-refractivity contribution is 0.442. The third-order valence-corrected chi connectivity index (χ3v) is 2.73. The maximum Gasteiger partial charge on any atom is -0.00184 e. The largest absolute Gasteiger partial charge is 0.0845 e. The first-order valence-corrected chi connectivity index (χ1v) is 3.93. The summed E-state index contributed by atoms with van der Waals surface area (Å²) in [7, 11) is 0. The Bertz CT molecular complexity index is 135.